The maximum absolute atomic E-state index is 10.9. The fourth-order valence-electron chi connectivity index (χ4n) is 1.33. The van der Waals surface area contributed by atoms with Crippen molar-refractivity contribution in [2.75, 3.05) is 0 Å². The monoisotopic (exact) mass is 225 g/mol. The lowest BCUT2D eigenvalue weighted by atomic mass is 9.90. The molecule has 82 valence electrons. The highest BCUT2D eigenvalue weighted by Crippen LogP contribution is 2.20. The molecule has 0 bridgehead atoms. The molecular weight excluding hydrogens is 217 g/mol. The zero-order valence-electron chi connectivity index (χ0n) is 8.83. The Morgan fingerprint density at radius 2 is 2.12 bits per heavy atom. The number of carboxylic acids is 1. The van der Waals surface area contributed by atoms with Crippen molar-refractivity contribution in [2.24, 2.45) is 0 Å². The Labute approximate surface area is 99.3 Å². The maximum atomic E-state index is 10.9. The number of carboxylic acid groups (broad SMARTS) is 1. The van der Waals surface area contributed by atoms with Crippen LogP contribution in [0.1, 0.15) is 10.4 Å². The lowest BCUT2D eigenvalue weighted by molar-refractivity contribution is 0.0698. The molecular formula is C12H8BNO3. The quantitative estimate of drug-likeness (QED) is 0.801. The molecule has 1 aromatic heterocycles. The summed E-state index contributed by atoms with van der Waals surface area (Å²) in [6, 6.07) is 7.93. The molecule has 0 unspecified atom stereocenters. The van der Waals surface area contributed by atoms with E-state index in [0.29, 0.717) is 11.5 Å². The molecule has 1 aromatic carbocycles. The van der Waals surface area contributed by atoms with Gasteiger partial charge >= 0.3 is 5.97 Å². The minimum atomic E-state index is -1.08. The number of pyridine rings is 1. The number of aromatic carboxylic acids is 1. The molecule has 2 radical (unpaired) electrons. The van der Waals surface area contributed by atoms with Crippen molar-refractivity contribution in [3.05, 3.63) is 48.3 Å². The molecule has 1 heterocycles. The molecule has 1 N–H and O–H groups in total. The lowest BCUT2D eigenvalue weighted by Gasteiger charge is -2.07. The number of carbonyl (C=O) groups is 1. The first kappa shape index (κ1) is 11.2. The average molecular weight is 225 g/mol. The van der Waals surface area contributed by atoms with Gasteiger partial charge in [-0.25, -0.2) is 4.79 Å². The van der Waals surface area contributed by atoms with Crippen LogP contribution in [0, 0.1) is 0 Å². The predicted octanol–water partition coefficient (Wildman–Crippen LogP) is 1.37. The molecule has 0 aliphatic rings. The Morgan fingerprint density at radius 1 is 1.29 bits per heavy atom. The summed E-state index contributed by atoms with van der Waals surface area (Å²) in [4.78, 5) is 14.8. The van der Waals surface area contributed by atoms with Crippen molar-refractivity contribution in [1.82, 2.24) is 4.98 Å². The van der Waals surface area contributed by atoms with E-state index in [-0.39, 0.29) is 11.0 Å². The second-order valence-corrected chi connectivity index (χ2v) is 3.34. The van der Waals surface area contributed by atoms with Gasteiger partial charge < -0.3 is 9.84 Å². The summed E-state index contributed by atoms with van der Waals surface area (Å²) in [5.74, 6) is -0.141. The lowest BCUT2D eigenvalue weighted by Crippen LogP contribution is -2.15. The Bertz CT molecular complexity index is 543. The second kappa shape index (κ2) is 4.70. The summed E-state index contributed by atoms with van der Waals surface area (Å²) in [7, 11) is 5.54. The predicted molar refractivity (Wildman–Crippen MR) is 63.1 cm³/mol. The minimum Gasteiger partial charge on any atom is -0.478 e. The summed E-state index contributed by atoms with van der Waals surface area (Å²) in [5.41, 5.74) is 0.224. The van der Waals surface area contributed by atoms with Gasteiger partial charge in [0.25, 0.3) is 0 Å². The van der Waals surface area contributed by atoms with Crippen molar-refractivity contribution in [1.29, 1.82) is 0 Å². The molecule has 0 saturated carbocycles. The summed E-state index contributed by atoms with van der Waals surface area (Å²) in [6.07, 6.45) is 3.16. The van der Waals surface area contributed by atoms with Gasteiger partial charge in [0.1, 0.15) is 19.3 Å². The van der Waals surface area contributed by atoms with Gasteiger partial charge in [-0.15, -0.1) is 0 Å². The molecule has 0 fully saturated rings. The van der Waals surface area contributed by atoms with E-state index in [1.54, 1.807) is 24.4 Å². The fourth-order valence-corrected chi connectivity index (χ4v) is 1.33. The van der Waals surface area contributed by atoms with Gasteiger partial charge in [0.15, 0.2) is 0 Å². The number of ether oxygens (including phenoxy) is 1. The van der Waals surface area contributed by atoms with Crippen LogP contribution in [0.4, 0.5) is 0 Å². The van der Waals surface area contributed by atoms with Crippen molar-refractivity contribution in [3.63, 3.8) is 0 Å². The zero-order chi connectivity index (χ0) is 12.3. The Morgan fingerprint density at radius 3 is 2.76 bits per heavy atom. The van der Waals surface area contributed by atoms with E-state index >= 15 is 0 Å². The van der Waals surface area contributed by atoms with Crippen LogP contribution >= 0.6 is 0 Å². The van der Waals surface area contributed by atoms with Crippen LogP contribution < -0.4 is 10.2 Å². The van der Waals surface area contributed by atoms with Gasteiger partial charge in [0.2, 0.25) is 0 Å². The van der Waals surface area contributed by atoms with Crippen LogP contribution in [-0.4, -0.2) is 23.9 Å². The van der Waals surface area contributed by atoms with Crippen molar-refractivity contribution < 1.29 is 14.6 Å². The standard InChI is InChI=1S/C12H8BNO3/c13-11-4-3-8(6-10(11)12(15)16)17-9-2-1-5-14-7-9/h1-7H,(H,15,16). The third-order valence-electron chi connectivity index (χ3n) is 2.13. The van der Waals surface area contributed by atoms with E-state index in [1.165, 1.54) is 18.3 Å². The molecule has 4 nitrogen and oxygen atoms in total. The summed E-state index contributed by atoms with van der Waals surface area (Å²) >= 11 is 0. The molecule has 0 saturated heterocycles. The normalized spacial score (nSPS) is 9.88. The van der Waals surface area contributed by atoms with Gasteiger partial charge in [-0.2, -0.15) is 0 Å². The fraction of sp³-hybridized carbons (Fsp3) is 0. The molecule has 17 heavy (non-hydrogen) atoms. The first-order chi connectivity index (χ1) is 8.16. The number of hydrogen-bond donors (Lipinski definition) is 1. The number of aromatic nitrogens is 1. The molecule has 0 amide bonds. The Hall–Kier alpha value is -2.30. The first-order valence-electron chi connectivity index (χ1n) is 4.87. The zero-order valence-corrected chi connectivity index (χ0v) is 8.83. The van der Waals surface area contributed by atoms with Crippen LogP contribution in [0.3, 0.4) is 0 Å². The third kappa shape index (κ3) is 2.63. The molecule has 0 aliphatic carbocycles. The van der Waals surface area contributed by atoms with E-state index < -0.39 is 5.97 Å². The van der Waals surface area contributed by atoms with Gasteiger partial charge in [-0.3, -0.25) is 4.98 Å². The molecule has 2 rings (SSSR count). The van der Waals surface area contributed by atoms with Gasteiger partial charge in [0, 0.05) is 6.20 Å². The highest BCUT2D eigenvalue weighted by molar-refractivity contribution is 6.36. The van der Waals surface area contributed by atoms with Crippen LogP contribution in [-0.2, 0) is 0 Å². The van der Waals surface area contributed by atoms with Crippen LogP contribution in [0.2, 0.25) is 0 Å². The number of nitrogens with zero attached hydrogens (tertiary/aromatic N) is 1. The van der Waals surface area contributed by atoms with E-state index in [9.17, 15) is 4.79 Å². The van der Waals surface area contributed by atoms with Crippen molar-refractivity contribution in [2.45, 2.75) is 0 Å². The maximum Gasteiger partial charge on any atom is 0.335 e. The summed E-state index contributed by atoms with van der Waals surface area (Å²) in [5, 5.41) is 8.91. The number of rotatable bonds is 3. The van der Waals surface area contributed by atoms with Crippen LogP contribution in [0.5, 0.6) is 11.5 Å². The van der Waals surface area contributed by atoms with Gasteiger partial charge in [-0.05, 0) is 24.3 Å². The molecule has 0 atom stereocenters. The summed E-state index contributed by atoms with van der Waals surface area (Å²) in [6.45, 7) is 0. The largest absolute Gasteiger partial charge is 0.478 e. The van der Waals surface area contributed by atoms with Gasteiger partial charge in [0.05, 0.1) is 11.8 Å². The SMILES string of the molecule is [B]c1ccc(Oc2cccnc2)cc1C(=O)O. The van der Waals surface area contributed by atoms with Crippen molar-refractivity contribution in [3.8, 4) is 11.5 Å². The molecule has 0 spiro atoms. The number of benzene rings is 1. The Kier molecular flexibility index (Phi) is 3.09. The van der Waals surface area contributed by atoms with E-state index in [0.717, 1.165) is 0 Å². The highest BCUT2D eigenvalue weighted by Gasteiger charge is 2.08. The van der Waals surface area contributed by atoms with Crippen LogP contribution in [0.25, 0.3) is 0 Å². The van der Waals surface area contributed by atoms with E-state index in [4.69, 9.17) is 17.7 Å². The molecule has 5 heteroatoms. The topological polar surface area (TPSA) is 59.4 Å². The molecule has 2 aromatic rings. The highest BCUT2D eigenvalue weighted by atomic mass is 16.5. The van der Waals surface area contributed by atoms with Crippen LogP contribution in [0.15, 0.2) is 42.7 Å². The number of hydrogen-bond acceptors (Lipinski definition) is 3. The van der Waals surface area contributed by atoms with E-state index in [1.807, 2.05) is 0 Å². The second-order valence-electron chi connectivity index (χ2n) is 3.34. The third-order valence-corrected chi connectivity index (χ3v) is 2.13. The van der Waals surface area contributed by atoms with Gasteiger partial charge in [-0.1, -0.05) is 11.5 Å². The minimum absolute atomic E-state index is 0.0198. The Balaban J connectivity index is 2.29. The smallest absolute Gasteiger partial charge is 0.335 e. The molecule has 0 aliphatic heterocycles. The van der Waals surface area contributed by atoms with E-state index in [2.05, 4.69) is 4.98 Å². The van der Waals surface area contributed by atoms with Crippen molar-refractivity contribution >= 4 is 19.3 Å². The summed E-state index contributed by atoms with van der Waals surface area (Å²) < 4.78 is 5.44. The average Bonchev–Trinajstić information content (AvgIpc) is 2.32. The first-order valence-corrected chi connectivity index (χ1v) is 4.87.